The van der Waals surface area contributed by atoms with Crippen LogP contribution in [0.15, 0.2) is 54.6 Å². The molecule has 1 atom stereocenters. The summed E-state index contributed by atoms with van der Waals surface area (Å²) in [5, 5.41) is 19.3. The molecule has 3 N–H and O–H groups in total. The van der Waals surface area contributed by atoms with Gasteiger partial charge in [0.15, 0.2) is 11.6 Å². The molecular formula is C19H18FN3O3. The van der Waals surface area contributed by atoms with Gasteiger partial charge in [0, 0.05) is 5.56 Å². The number of hydrogen-bond donors (Lipinski definition) is 3. The summed E-state index contributed by atoms with van der Waals surface area (Å²) in [5.74, 6) is -0.613. The summed E-state index contributed by atoms with van der Waals surface area (Å²) >= 11 is 0. The molecule has 0 radical (unpaired) electrons. The lowest BCUT2D eigenvalue weighted by atomic mass is 10.1. The molecule has 134 valence electrons. The van der Waals surface area contributed by atoms with Gasteiger partial charge in [0.1, 0.15) is 18.1 Å². The van der Waals surface area contributed by atoms with Crippen LogP contribution in [0.4, 0.5) is 4.39 Å². The van der Waals surface area contributed by atoms with Crippen molar-refractivity contribution >= 4 is 5.91 Å². The second-order valence-electron chi connectivity index (χ2n) is 5.75. The molecule has 0 saturated heterocycles. The van der Waals surface area contributed by atoms with Gasteiger partial charge in [-0.15, -0.1) is 0 Å². The van der Waals surface area contributed by atoms with Crippen molar-refractivity contribution in [3.05, 3.63) is 77.4 Å². The van der Waals surface area contributed by atoms with Gasteiger partial charge in [-0.3, -0.25) is 9.89 Å². The van der Waals surface area contributed by atoms with Gasteiger partial charge in [-0.2, -0.15) is 5.10 Å². The van der Waals surface area contributed by atoms with Crippen LogP contribution in [-0.4, -0.2) is 21.2 Å². The summed E-state index contributed by atoms with van der Waals surface area (Å²) < 4.78 is 18.9. The van der Waals surface area contributed by atoms with Crippen LogP contribution in [0.1, 0.15) is 34.7 Å². The fraction of sp³-hybridized carbons (Fsp3) is 0.158. The van der Waals surface area contributed by atoms with Crippen molar-refractivity contribution in [2.75, 3.05) is 0 Å². The van der Waals surface area contributed by atoms with Crippen molar-refractivity contribution < 1.29 is 19.0 Å². The molecule has 0 aliphatic rings. The largest absolute Gasteiger partial charge is 0.508 e. The maximum atomic E-state index is 13.5. The van der Waals surface area contributed by atoms with E-state index < -0.39 is 17.8 Å². The smallest absolute Gasteiger partial charge is 0.272 e. The molecule has 0 aliphatic heterocycles. The van der Waals surface area contributed by atoms with Gasteiger partial charge in [-0.25, -0.2) is 4.39 Å². The van der Waals surface area contributed by atoms with Crippen LogP contribution in [-0.2, 0) is 6.61 Å². The first kappa shape index (κ1) is 17.5. The van der Waals surface area contributed by atoms with E-state index in [1.54, 1.807) is 43.3 Å². The number of aromatic hydroxyl groups is 1. The van der Waals surface area contributed by atoms with Gasteiger partial charge in [0.25, 0.3) is 5.91 Å². The molecule has 26 heavy (non-hydrogen) atoms. The van der Waals surface area contributed by atoms with E-state index in [0.29, 0.717) is 11.3 Å². The number of halogens is 1. The van der Waals surface area contributed by atoms with Crippen molar-refractivity contribution in [1.29, 1.82) is 0 Å². The molecule has 0 aliphatic carbocycles. The van der Waals surface area contributed by atoms with Crippen LogP contribution in [0.5, 0.6) is 11.5 Å². The zero-order valence-corrected chi connectivity index (χ0v) is 14.1. The molecule has 2 aromatic carbocycles. The number of hydrogen-bond acceptors (Lipinski definition) is 4. The van der Waals surface area contributed by atoms with Gasteiger partial charge < -0.3 is 15.2 Å². The topological polar surface area (TPSA) is 87.2 Å². The van der Waals surface area contributed by atoms with Gasteiger partial charge in [0.05, 0.1) is 11.7 Å². The Kier molecular flexibility index (Phi) is 5.17. The zero-order valence-electron chi connectivity index (χ0n) is 14.1. The molecule has 0 saturated carbocycles. The number of carbonyl (C=O) groups is 1. The summed E-state index contributed by atoms with van der Waals surface area (Å²) in [4.78, 5) is 12.3. The normalized spacial score (nSPS) is 11.8. The Bertz CT molecular complexity index is 910. The van der Waals surface area contributed by atoms with Crippen LogP contribution in [0.3, 0.4) is 0 Å². The Hall–Kier alpha value is -3.35. The molecule has 3 aromatic rings. The van der Waals surface area contributed by atoms with Crippen molar-refractivity contribution in [1.82, 2.24) is 15.5 Å². The SMILES string of the molecule is C[C@@H](NC(=O)c1cc(COc2ccccc2F)[nH]n1)c1ccccc1O. The first-order valence-electron chi connectivity index (χ1n) is 8.05. The fourth-order valence-corrected chi connectivity index (χ4v) is 2.47. The monoisotopic (exact) mass is 355 g/mol. The van der Waals surface area contributed by atoms with Crippen molar-refractivity contribution in [3.8, 4) is 11.5 Å². The van der Waals surface area contributed by atoms with E-state index in [0.717, 1.165) is 0 Å². The van der Waals surface area contributed by atoms with Gasteiger partial charge in [-0.1, -0.05) is 30.3 Å². The highest BCUT2D eigenvalue weighted by Gasteiger charge is 2.16. The van der Waals surface area contributed by atoms with Gasteiger partial charge in [0.2, 0.25) is 0 Å². The third-order valence-corrected chi connectivity index (χ3v) is 3.83. The number of aromatic amines is 1. The quantitative estimate of drug-likeness (QED) is 0.633. The third-order valence-electron chi connectivity index (χ3n) is 3.83. The predicted molar refractivity (Wildman–Crippen MR) is 93.3 cm³/mol. The van der Waals surface area contributed by atoms with Gasteiger partial charge in [-0.05, 0) is 31.2 Å². The number of benzene rings is 2. The lowest BCUT2D eigenvalue weighted by molar-refractivity contribution is 0.0934. The molecule has 3 rings (SSSR count). The van der Waals surface area contributed by atoms with E-state index in [1.807, 2.05) is 0 Å². The molecule has 1 heterocycles. The fourth-order valence-electron chi connectivity index (χ4n) is 2.47. The minimum absolute atomic E-state index is 0.0518. The Morgan fingerprint density at radius 2 is 2.00 bits per heavy atom. The van der Waals surface area contributed by atoms with Crippen molar-refractivity contribution in [2.24, 2.45) is 0 Å². The second kappa shape index (κ2) is 7.69. The molecule has 6 nitrogen and oxygen atoms in total. The molecule has 0 spiro atoms. The summed E-state index contributed by atoms with van der Waals surface area (Å²) in [5.41, 5.74) is 1.33. The molecule has 0 bridgehead atoms. The Morgan fingerprint density at radius 3 is 2.77 bits per heavy atom. The van der Waals surface area contributed by atoms with E-state index in [-0.39, 0.29) is 23.8 Å². The van der Waals surface area contributed by atoms with Gasteiger partial charge >= 0.3 is 0 Å². The Balaban J connectivity index is 1.61. The number of para-hydroxylation sites is 2. The highest BCUT2D eigenvalue weighted by atomic mass is 19.1. The number of phenols is 1. The van der Waals surface area contributed by atoms with E-state index in [9.17, 15) is 14.3 Å². The standard InChI is InChI=1S/C19H18FN3O3/c1-12(14-6-2-4-8-17(14)24)21-19(25)16-10-13(22-23-16)11-26-18-9-5-3-7-15(18)20/h2-10,12,24H,11H2,1H3,(H,21,25)(H,22,23)/t12-/m1/s1. The second-order valence-corrected chi connectivity index (χ2v) is 5.75. The van der Waals surface area contributed by atoms with Crippen molar-refractivity contribution in [2.45, 2.75) is 19.6 Å². The highest BCUT2D eigenvalue weighted by molar-refractivity contribution is 5.92. The molecule has 0 unspecified atom stereocenters. The number of amides is 1. The van der Waals surface area contributed by atoms with Crippen LogP contribution in [0, 0.1) is 5.82 Å². The minimum atomic E-state index is -0.457. The molecular weight excluding hydrogens is 337 g/mol. The lowest BCUT2D eigenvalue weighted by Crippen LogP contribution is -2.27. The number of carbonyl (C=O) groups excluding carboxylic acids is 1. The number of H-pyrrole nitrogens is 1. The average Bonchev–Trinajstić information content (AvgIpc) is 3.10. The molecule has 1 amide bonds. The number of ether oxygens (including phenoxy) is 1. The van der Waals surface area contributed by atoms with E-state index in [1.165, 1.54) is 18.2 Å². The summed E-state index contributed by atoms with van der Waals surface area (Å²) in [6.07, 6.45) is 0. The molecule has 0 fully saturated rings. The number of nitrogens with one attached hydrogen (secondary N) is 2. The Labute approximate surface area is 149 Å². The van der Waals surface area contributed by atoms with E-state index in [2.05, 4.69) is 15.5 Å². The molecule has 1 aromatic heterocycles. The Morgan fingerprint density at radius 1 is 1.27 bits per heavy atom. The number of aromatic nitrogens is 2. The summed E-state index contributed by atoms with van der Waals surface area (Å²) in [6.45, 7) is 1.82. The number of nitrogens with zero attached hydrogens (tertiary/aromatic N) is 1. The maximum Gasteiger partial charge on any atom is 0.272 e. The predicted octanol–water partition coefficient (Wildman–Crippen LogP) is 3.32. The number of rotatable bonds is 6. The van der Waals surface area contributed by atoms with Crippen molar-refractivity contribution in [3.63, 3.8) is 0 Å². The van der Waals surface area contributed by atoms with Crippen LogP contribution < -0.4 is 10.1 Å². The van der Waals surface area contributed by atoms with Crippen LogP contribution >= 0.6 is 0 Å². The average molecular weight is 355 g/mol. The minimum Gasteiger partial charge on any atom is -0.508 e. The van der Waals surface area contributed by atoms with E-state index >= 15 is 0 Å². The highest BCUT2D eigenvalue weighted by Crippen LogP contribution is 2.23. The first-order valence-corrected chi connectivity index (χ1v) is 8.05. The van der Waals surface area contributed by atoms with E-state index in [4.69, 9.17) is 4.74 Å². The maximum absolute atomic E-state index is 13.5. The number of phenolic OH excluding ortho intramolecular Hbond substituents is 1. The van der Waals surface area contributed by atoms with Crippen LogP contribution in [0.2, 0.25) is 0 Å². The van der Waals surface area contributed by atoms with Crippen LogP contribution in [0.25, 0.3) is 0 Å². The summed E-state index contributed by atoms with van der Waals surface area (Å²) in [6, 6.07) is 14.0. The third kappa shape index (κ3) is 4.00. The molecule has 7 heteroatoms. The first-order chi connectivity index (χ1) is 12.5. The summed E-state index contributed by atoms with van der Waals surface area (Å²) in [7, 11) is 0. The lowest BCUT2D eigenvalue weighted by Gasteiger charge is -2.14. The zero-order chi connectivity index (χ0) is 18.5.